The first-order valence-electron chi connectivity index (χ1n) is 8.38. The predicted molar refractivity (Wildman–Crippen MR) is 101 cm³/mol. The summed E-state index contributed by atoms with van der Waals surface area (Å²) >= 11 is 1.05. The standard InChI is InChI=1S/C20H14F3N3O2S/c21-20(22,23)17-8-14(10-24)6-7-15(17)9-16-11-25-18(29-16)26-19(27)28-12-13-4-2-1-3-5-13/h1-8,11H,9,12H2,(H,25,26,27). The molecule has 1 heterocycles. The molecular weight excluding hydrogens is 403 g/mol. The van der Waals surface area contributed by atoms with E-state index in [1.165, 1.54) is 18.3 Å². The number of thiazole rings is 1. The van der Waals surface area contributed by atoms with E-state index < -0.39 is 17.8 Å². The highest BCUT2D eigenvalue weighted by Crippen LogP contribution is 2.34. The van der Waals surface area contributed by atoms with Crippen molar-refractivity contribution < 1.29 is 22.7 Å². The summed E-state index contributed by atoms with van der Waals surface area (Å²) in [5.41, 5.74) is -0.0723. The second-order valence-electron chi connectivity index (χ2n) is 5.98. The summed E-state index contributed by atoms with van der Waals surface area (Å²) in [6.07, 6.45) is -3.91. The molecule has 1 amide bonds. The Hall–Kier alpha value is -3.38. The van der Waals surface area contributed by atoms with Crippen LogP contribution in [-0.4, -0.2) is 11.1 Å². The number of nitrogens with one attached hydrogen (secondary N) is 1. The van der Waals surface area contributed by atoms with Gasteiger partial charge in [0.15, 0.2) is 5.13 Å². The third kappa shape index (κ3) is 5.56. The quantitative estimate of drug-likeness (QED) is 0.605. The number of ether oxygens (including phenoxy) is 1. The molecule has 148 valence electrons. The number of nitriles is 1. The molecule has 0 bridgehead atoms. The van der Waals surface area contributed by atoms with Crippen molar-refractivity contribution in [2.45, 2.75) is 19.2 Å². The highest BCUT2D eigenvalue weighted by Gasteiger charge is 2.33. The van der Waals surface area contributed by atoms with E-state index in [0.29, 0.717) is 4.88 Å². The van der Waals surface area contributed by atoms with Crippen molar-refractivity contribution in [1.29, 1.82) is 5.26 Å². The number of carbonyl (C=O) groups excluding carboxylic acids is 1. The number of anilines is 1. The summed E-state index contributed by atoms with van der Waals surface area (Å²) < 4.78 is 44.9. The molecule has 0 aliphatic rings. The van der Waals surface area contributed by atoms with Crippen molar-refractivity contribution in [1.82, 2.24) is 4.98 Å². The maximum absolute atomic E-state index is 13.3. The molecule has 3 aromatic rings. The minimum atomic E-state index is -4.57. The molecule has 0 saturated carbocycles. The first-order valence-corrected chi connectivity index (χ1v) is 9.19. The molecule has 0 aliphatic carbocycles. The number of halogens is 3. The number of aromatic nitrogens is 1. The summed E-state index contributed by atoms with van der Waals surface area (Å²) in [7, 11) is 0. The summed E-state index contributed by atoms with van der Waals surface area (Å²) in [4.78, 5) is 16.4. The monoisotopic (exact) mass is 417 g/mol. The molecule has 0 radical (unpaired) electrons. The van der Waals surface area contributed by atoms with Gasteiger partial charge in [-0.15, -0.1) is 11.3 Å². The summed E-state index contributed by atoms with van der Waals surface area (Å²) in [5, 5.41) is 11.5. The van der Waals surface area contributed by atoms with Crippen LogP contribution in [0.1, 0.15) is 27.1 Å². The molecular formula is C20H14F3N3O2S. The maximum atomic E-state index is 13.3. The Morgan fingerprint density at radius 3 is 2.66 bits per heavy atom. The lowest BCUT2D eigenvalue weighted by Gasteiger charge is -2.12. The van der Waals surface area contributed by atoms with Gasteiger partial charge in [0.1, 0.15) is 6.61 Å². The average Bonchev–Trinajstić information content (AvgIpc) is 3.13. The lowest BCUT2D eigenvalue weighted by atomic mass is 10.0. The summed E-state index contributed by atoms with van der Waals surface area (Å²) in [5.74, 6) is 0. The number of hydrogen-bond donors (Lipinski definition) is 1. The lowest BCUT2D eigenvalue weighted by molar-refractivity contribution is -0.138. The maximum Gasteiger partial charge on any atom is 0.416 e. The van der Waals surface area contributed by atoms with E-state index in [1.54, 1.807) is 6.07 Å². The van der Waals surface area contributed by atoms with E-state index in [2.05, 4.69) is 10.3 Å². The Labute approximate surface area is 168 Å². The lowest BCUT2D eigenvalue weighted by Crippen LogP contribution is -2.13. The second kappa shape index (κ2) is 8.75. The molecule has 5 nitrogen and oxygen atoms in total. The van der Waals surface area contributed by atoms with Crippen molar-refractivity contribution in [2.75, 3.05) is 5.32 Å². The van der Waals surface area contributed by atoms with Gasteiger partial charge in [-0.2, -0.15) is 18.4 Å². The van der Waals surface area contributed by atoms with Gasteiger partial charge in [0, 0.05) is 17.5 Å². The van der Waals surface area contributed by atoms with Crippen LogP contribution >= 0.6 is 11.3 Å². The zero-order valence-corrected chi connectivity index (χ0v) is 15.7. The molecule has 0 aliphatic heterocycles. The normalized spacial score (nSPS) is 11.0. The fraction of sp³-hybridized carbons (Fsp3) is 0.150. The van der Waals surface area contributed by atoms with Crippen LogP contribution in [0, 0.1) is 11.3 Å². The first kappa shape index (κ1) is 20.4. The van der Waals surface area contributed by atoms with Crippen LogP contribution in [0.5, 0.6) is 0 Å². The molecule has 0 atom stereocenters. The number of hydrogen-bond acceptors (Lipinski definition) is 5. The van der Waals surface area contributed by atoms with Gasteiger partial charge in [-0.05, 0) is 23.3 Å². The van der Waals surface area contributed by atoms with Gasteiger partial charge in [-0.1, -0.05) is 36.4 Å². The number of benzene rings is 2. The number of carbonyl (C=O) groups is 1. The van der Waals surface area contributed by atoms with Crippen LogP contribution in [0.25, 0.3) is 0 Å². The van der Waals surface area contributed by atoms with E-state index in [4.69, 9.17) is 10.00 Å². The first-order chi connectivity index (χ1) is 13.8. The third-order valence-corrected chi connectivity index (χ3v) is 4.80. The Morgan fingerprint density at radius 1 is 1.21 bits per heavy atom. The highest BCUT2D eigenvalue weighted by atomic mass is 32.1. The van der Waals surface area contributed by atoms with Crippen LogP contribution in [-0.2, 0) is 23.9 Å². The van der Waals surface area contributed by atoms with Crippen molar-refractivity contribution >= 4 is 22.6 Å². The molecule has 0 spiro atoms. The number of amides is 1. The van der Waals surface area contributed by atoms with Crippen LogP contribution in [0.2, 0.25) is 0 Å². The van der Waals surface area contributed by atoms with E-state index >= 15 is 0 Å². The zero-order chi connectivity index (χ0) is 20.9. The summed E-state index contributed by atoms with van der Waals surface area (Å²) in [6.45, 7) is 0.0884. The Kier molecular flexibility index (Phi) is 6.14. The van der Waals surface area contributed by atoms with E-state index in [0.717, 1.165) is 23.0 Å². The summed E-state index contributed by atoms with van der Waals surface area (Å²) in [6, 6.07) is 14.3. The van der Waals surface area contributed by atoms with Gasteiger partial charge in [0.25, 0.3) is 0 Å². The Morgan fingerprint density at radius 2 is 1.97 bits per heavy atom. The van der Waals surface area contributed by atoms with E-state index in [-0.39, 0.29) is 29.3 Å². The van der Waals surface area contributed by atoms with Crippen molar-refractivity contribution in [3.05, 3.63) is 81.9 Å². The second-order valence-corrected chi connectivity index (χ2v) is 7.09. The molecule has 1 N–H and O–H groups in total. The average molecular weight is 417 g/mol. The Balaban J connectivity index is 1.65. The van der Waals surface area contributed by atoms with Crippen LogP contribution in [0.4, 0.5) is 23.1 Å². The van der Waals surface area contributed by atoms with Gasteiger partial charge < -0.3 is 4.74 Å². The van der Waals surface area contributed by atoms with E-state index in [1.807, 2.05) is 30.3 Å². The van der Waals surface area contributed by atoms with Crippen molar-refractivity contribution in [2.24, 2.45) is 0 Å². The third-order valence-electron chi connectivity index (χ3n) is 3.88. The minimum absolute atomic E-state index is 0.0263. The molecule has 2 aromatic carbocycles. The zero-order valence-electron chi connectivity index (χ0n) is 14.9. The van der Waals surface area contributed by atoms with Gasteiger partial charge in [-0.3, -0.25) is 5.32 Å². The SMILES string of the molecule is N#Cc1ccc(Cc2cnc(NC(=O)OCc3ccccc3)s2)c(C(F)(F)F)c1. The van der Waals surface area contributed by atoms with Crippen molar-refractivity contribution in [3.8, 4) is 6.07 Å². The number of nitrogens with zero attached hydrogens (tertiary/aromatic N) is 2. The van der Waals surface area contributed by atoms with Crippen LogP contribution in [0.3, 0.4) is 0 Å². The number of alkyl halides is 3. The fourth-order valence-electron chi connectivity index (χ4n) is 2.55. The molecule has 1 aromatic heterocycles. The molecule has 29 heavy (non-hydrogen) atoms. The van der Waals surface area contributed by atoms with Crippen LogP contribution < -0.4 is 5.32 Å². The largest absolute Gasteiger partial charge is 0.444 e. The van der Waals surface area contributed by atoms with Gasteiger partial charge in [-0.25, -0.2) is 9.78 Å². The van der Waals surface area contributed by atoms with E-state index in [9.17, 15) is 18.0 Å². The molecule has 3 rings (SSSR count). The molecule has 0 unspecified atom stereocenters. The predicted octanol–water partition coefficient (Wildman–Crippen LogP) is 5.37. The van der Waals surface area contributed by atoms with Gasteiger partial charge in [0.05, 0.1) is 17.2 Å². The minimum Gasteiger partial charge on any atom is -0.444 e. The highest BCUT2D eigenvalue weighted by molar-refractivity contribution is 7.15. The van der Waals surface area contributed by atoms with Gasteiger partial charge >= 0.3 is 12.3 Å². The van der Waals surface area contributed by atoms with Gasteiger partial charge in [0.2, 0.25) is 0 Å². The van der Waals surface area contributed by atoms with Crippen LogP contribution in [0.15, 0.2) is 54.7 Å². The van der Waals surface area contributed by atoms with Crippen molar-refractivity contribution in [3.63, 3.8) is 0 Å². The molecule has 0 saturated heterocycles. The topological polar surface area (TPSA) is 75.0 Å². The fourth-order valence-corrected chi connectivity index (χ4v) is 3.37. The molecule has 0 fully saturated rings. The Bertz CT molecular complexity index is 1040. The smallest absolute Gasteiger partial charge is 0.416 e. The number of rotatable bonds is 5. The molecule has 9 heteroatoms.